The van der Waals surface area contributed by atoms with Gasteiger partial charge in [0.25, 0.3) is 10.0 Å². The summed E-state index contributed by atoms with van der Waals surface area (Å²) in [6.07, 6.45) is 3.94. The summed E-state index contributed by atoms with van der Waals surface area (Å²) >= 11 is 5.87. The maximum Gasteiger partial charge on any atom is 0.263 e. The molecule has 0 atom stereocenters. The van der Waals surface area contributed by atoms with Crippen molar-refractivity contribution < 1.29 is 13.5 Å². The van der Waals surface area contributed by atoms with E-state index in [0.29, 0.717) is 5.56 Å². The Morgan fingerprint density at radius 3 is 2.58 bits per heavy atom. The topological polar surface area (TPSA) is 92.2 Å². The van der Waals surface area contributed by atoms with Crippen molar-refractivity contribution in [3.05, 3.63) is 47.5 Å². The fourth-order valence-corrected chi connectivity index (χ4v) is 2.99. The Morgan fingerprint density at radius 2 is 1.95 bits per heavy atom. The predicted octanol–water partition coefficient (Wildman–Crippen LogP) is 1.42. The van der Waals surface area contributed by atoms with Gasteiger partial charge >= 0.3 is 0 Å². The maximum atomic E-state index is 12.2. The van der Waals surface area contributed by atoms with Crippen LogP contribution in [0.2, 0.25) is 5.02 Å². The molecule has 0 saturated heterocycles. The van der Waals surface area contributed by atoms with Gasteiger partial charge in [-0.3, -0.25) is 4.72 Å². The Balaban J connectivity index is 2.39. The molecule has 1 aromatic heterocycles. The minimum atomic E-state index is -3.85. The number of anilines is 1. The summed E-state index contributed by atoms with van der Waals surface area (Å²) in [6.45, 7) is -0.270. The standard InChI is InChI=1S/C11H10ClN3O3S/c12-10-2-1-8(6-16)3-11(10)19(17,18)15-9-4-13-7-14-5-9/h1-5,7,15-16H,6H2. The number of aliphatic hydroxyl groups is 1. The molecule has 0 radical (unpaired) electrons. The van der Waals surface area contributed by atoms with E-state index in [9.17, 15) is 8.42 Å². The number of hydrogen-bond donors (Lipinski definition) is 2. The Bertz CT molecular complexity index is 677. The van der Waals surface area contributed by atoms with E-state index in [-0.39, 0.29) is 22.2 Å². The Labute approximate surface area is 115 Å². The molecule has 6 nitrogen and oxygen atoms in total. The normalized spacial score (nSPS) is 11.3. The fourth-order valence-electron chi connectivity index (χ4n) is 1.41. The summed E-state index contributed by atoms with van der Waals surface area (Å²) in [5.74, 6) is 0. The van der Waals surface area contributed by atoms with Crippen LogP contribution in [0.3, 0.4) is 0 Å². The van der Waals surface area contributed by atoms with Crippen molar-refractivity contribution >= 4 is 27.3 Å². The first-order chi connectivity index (χ1) is 9.03. The third-order valence-corrected chi connectivity index (χ3v) is 4.14. The van der Waals surface area contributed by atoms with E-state index >= 15 is 0 Å². The average Bonchev–Trinajstić information content (AvgIpc) is 2.39. The second kappa shape index (κ2) is 5.52. The zero-order valence-electron chi connectivity index (χ0n) is 9.62. The van der Waals surface area contributed by atoms with Gasteiger partial charge in [0.2, 0.25) is 0 Å². The van der Waals surface area contributed by atoms with Crippen LogP contribution in [0.15, 0.2) is 41.8 Å². The van der Waals surface area contributed by atoms with Gasteiger partial charge < -0.3 is 5.11 Å². The number of aliphatic hydroxyl groups excluding tert-OH is 1. The quantitative estimate of drug-likeness (QED) is 0.891. The highest BCUT2D eigenvalue weighted by Gasteiger charge is 2.18. The van der Waals surface area contributed by atoms with Crippen LogP contribution >= 0.6 is 11.6 Å². The molecule has 19 heavy (non-hydrogen) atoms. The van der Waals surface area contributed by atoms with Crippen molar-refractivity contribution in [1.29, 1.82) is 0 Å². The maximum absolute atomic E-state index is 12.2. The van der Waals surface area contributed by atoms with E-state index in [1.54, 1.807) is 6.07 Å². The van der Waals surface area contributed by atoms with E-state index < -0.39 is 10.0 Å². The highest BCUT2D eigenvalue weighted by Crippen LogP contribution is 2.24. The van der Waals surface area contributed by atoms with E-state index in [1.807, 2.05) is 0 Å². The summed E-state index contributed by atoms with van der Waals surface area (Å²) in [6, 6.07) is 4.28. The molecule has 0 spiro atoms. The van der Waals surface area contributed by atoms with Crippen LogP contribution in [-0.2, 0) is 16.6 Å². The van der Waals surface area contributed by atoms with E-state index in [2.05, 4.69) is 14.7 Å². The fraction of sp³-hybridized carbons (Fsp3) is 0.0909. The van der Waals surface area contributed by atoms with Crippen LogP contribution in [0, 0.1) is 0 Å². The predicted molar refractivity (Wildman–Crippen MR) is 70.2 cm³/mol. The second-order valence-corrected chi connectivity index (χ2v) is 5.71. The van der Waals surface area contributed by atoms with E-state index in [0.717, 1.165) is 0 Å². The van der Waals surface area contributed by atoms with Crippen LogP contribution in [0.1, 0.15) is 5.56 Å². The molecular formula is C11H10ClN3O3S. The first-order valence-corrected chi connectivity index (χ1v) is 7.06. The monoisotopic (exact) mass is 299 g/mol. The number of nitrogens with zero attached hydrogens (tertiary/aromatic N) is 2. The number of benzene rings is 1. The lowest BCUT2D eigenvalue weighted by Gasteiger charge is -2.09. The van der Waals surface area contributed by atoms with Crippen LogP contribution < -0.4 is 4.72 Å². The first-order valence-electron chi connectivity index (χ1n) is 5.20. The molecule has 0 aliphatic rings. The molecular weight excluding hydrogens is 290 g/mol. The van der Waals surface area contributed by atoms with Crippen molar-refractivity contribution in [3.63, 3.8) is 0 Å². The van der Waals surface area contributed by atoms with Crippen LogP contribution in [0.4, 0.5) is 5.69 Å². The Kier molecular flexibility index (Phi) is 3.98. The Hall–Kier alpha value is -1.70. The number of hydrogen-bond acceptors (Lipinski definition) is 5. The summed E-state index contributed by atoms with van der Waals surface area (Å²) < 4.78 is 26.6. The average molecular weight is 300 g/mol. The van der Waals surface area contributed by atoms with Gasteiger partial charge in [-0.25, -0.2) is 18.4 Å². The first kappa shape index (κ1) is 13.7. The number of aromatic nitrogens is 2. The molecule has 8 heteroatoms. The van der Waals surface area contributed by atoms with Crippen LogP contribution in [-0.4, -0.2) is 23.5 Å². The molecule has 0 saturated carbocycles. The lowest BCUT2D eigenvalue weighted by atomic mass is 10.2. The molecule has 0 unspecified atom stereocenters. The lowest BCUT2D eigenvalue weighted by molar-refractivity contribution is 0.281. The molecule has 1 aromatic carbocycles. The van der Waals surface area contributed by atoms with Crippen molar-refractivity contribution in [2.24, 2.45) is 0 Å². The highest BCUT2D eigenvalue weighted by molar-refractivity contribution is 7.92. The van der Waals surface area contributed by atoms with Gasteiger partial charge in [0, 0.05) is 0 Å². The number of halogens is 1. The smallest absolute Gasteiger partial charge is 0.263 e. The highest BCUT2D eigenvalue weighted by atomic mass is 35.5. The molecule has 0 fully saturated rings. The van der Waals surface area contributed by atoms with Gasteiger partial charge in [0.05, 0.1) is 29.7 Å². The second-order valence-electron chi connectivity index (χ2n) is 3.66. The molecule has 2 N–H and O–H groups in total. The van der Waals surface area contributed by atoms with Gasteiger partial charge in [0.15, 0.2) is 0 Å². The van der Waals surface area contributed by atoms with Crippen LogP contribution in [0.5, 0.6) is 0 Å². The molecule has 0 amide bonds. The molecule has 0 bridgehead atoms. The molecule has 2 aromatic rings. The van der Waals surface area contributed by atoms with Crippen molar-refractivity contribution in [1.82, 2.24) is 9.97 Å². The SMILES string of the molecule is O=S(=O)(Nc1cncnc1)c1cc(CO)ccc1Cl. The number of rotatable bonds is 4. The van der Waals surface area contributed by atoms with E-state index in [4.69, 9.17) is 16.7 Å². The van der Waals surface area contributed by atoms with Crippen molar-refractivity contribution in [3.8, 4) is 0 Å². The third kappa shape index (κ3) is 3.19. The van der Waals surface area contributed by atoms with Gasteiger partial charge in [-0.2, -0.15) is 0 Å². The van der Waals surface area contributed by atoms with Gasteiger partial charge in [0.1, 0.15) is 11.2 Å². The molecule has 100 valence electrons. The van der Waals surface area contributed by atoms with E-state index in [1.165, 1.54) is 30.9 Å². The summed E-state index contributed by atoms with van der Waals surface area (Å²) in [7, 11) is -3.85. The molecule has 2 rings (SSSR count). The zero-order valence-corrected chi connectivity index (χ0v) is 11.2. The summed E-state index contributed by atoms with van der Waals surface area (Å²) in [5.41, 5.74) is 0.682. The zero-order chi connectivity index (χ0) is 13.9. The van der Waals surface area contributed by atoms with Crippen molar-refractivity contribution in [2.45, 2.75) is 11.5 Å². The minimum absolute atomic E-state index is 0.0709. The Morgan fingerprint density at radius 1 is 1.26 bits per heavy atom. The van der Waals surface area contributed by atoms with Crippen LogP contribution in [0.25, 0.3) is 0 Å². The summed E-state index contributed by atoms with van der Waals surface area (Å²) in [5, 5.41) is 9.10. The van der Waals surface area contributed by atoms with Gasteiger partial charge in [-0.05, 0) is 17.7 Å². The summed E-state index contributed by atoms with van der Waals surface area (Å²) in [4.78, 5) is 7.31. The number of sulfonamides is 1. The number of nitrogens with one attached hydrogen (secondary N) is 1. The van der Waals surface area contributed by atoms with Crippen molar-refractivity contribution in [2.75, 3.05) is 4.72 Å². The molecule has 0 aliphatic carbocycles. The lowest BCUT2D eigenvalue weighted by Crippen LogP contribution is -2.14. The third-order valence-electron chi connectivity index (χ3n) is 2.28. The largest absolute Gasteiger partial charge is 0.392 e. The van der Waals surface area contributed by atoms with Gasteiger partial charge in [-0.1, -0.05) is 17.7 Å². The minimum Gasteiger partial charge on any atom is -0.392 e. The molecule has 0 aliphatic heterocycles. The van der Waals surface area contributed by atoms with Gasteiger partial charge in [-0.15, -0.1) is 0 Å². The molecule has 1 heterocycles.